The fourth-order valence-electron chi connectivity index (χ4n) is 2.37. The third-order valence-electron chi connectivity index (χ3n) is 3.44. The minimum atomic E-state index is -3.41. The molecule has 1 heterocycles. The number of fused-ring (bicyclic) bond motifs is 1. The summed E-state index contributed by atoms with van der Waals surface area (Å²) in [5, 5.41) is 0. The Bertz CT molecular complexity index is 752. The predicted octanol–water partition coefficient (Wildman–Crippen LogP) is 2.87. The monoisotopic (exact) mass is 303 g/mol. The van der Waals surface area contributed by atoms with Gasteiger partial charge in [-0.3, -0.25) is 4.72 Å². The molecule has 21 heavy (non-hydrogen) atoms. The second-order valence-corrected chi connectivity index (χ2v) is 6.99. The summed E-state index contributed by atoms with van der Waals surface area (Å²) in [6, 6.07) is 12.9. The van der Waals surface area contributed by atoms with Crippen molar-refractivity contribution in [2.75, 3.05) is 11.3 Å². The van der Waals surface area contributed by atoms with Gasteiger partial charge in [0.15, 0.2) is 0 Å². The van der Waals surface area contributed by atoms with Crippen molar-refractivity contribution in [3.8, 4) is 5.75 Å². The number of rotatable bonds is 4. The number of hydrogen-bond acceptors (Lipinski definition) is 3. The van der Waals surface area contributed by atoms with Crippen molar-refractivity contribution in [2.24, 2.45) is 0 Å². The molecule has 0 aromatic heterocycles. The third-order valence-corrected chi connectivity index (χ3v) is 4.70. The van der Waals surface area contributed by atoms with Crippen LogP contribution in [0.1, 0.15) is 16.7 Å². The maximum absolute atomic E-state index is 12.2. The first kappa shape index (κ1) is 13.9. The van der Waals surface area contributed by atoms with Crippen LogP contribution in [0.5, 0.6) is 5.75 Å². The number of aryl methyl sites for hydroxylation is 1. The lowest BCUT2D eigenvalue weighted by Gasteiger charge is -2.09. The van der Waals surface area contributed by atoms with Crippen molar-refractivity contribution in [3.63, 3.8) is 0 Å². The lowest BCUT2D eigenvalue weighted by molar-refractivity contribution is 0.357. The highest BCUT2D eigenvalue weighted by molar-refractivity contribution is 7.91. The second-order valence-electron chi connectivity index (χ2n) is 5.27. The standard InChI is InChI=1S/C16H17NO3S/c1-12-2-4-13(5-3-12)11-21(18,19)17-15-6-7-16-14(10-15)8-9-20-16/h2-7,10,17H,8-9,11H2,1H3. The van der Waals surface area contributed by atoms with Crippen LogP contribution < -0.4 is 9.46 Å². The first-order valence-corrected chi connectivity index (χ1v) is 8.49. The predicted molar refractivity (Wildman–Crippen MR) is 83.1 cm³/mol. The van der Waals surface area contributed by atoms with E-state index in [2.05, 4.69) is 4.72 Å². The molecule has 0 bridgehead atoms. The zero-order valence-corrected chi connectivity index (χ0v) is 12.6. The average Bonchev–Trinajstić information content (AvgIpc) is 2.88. The SMILES string of the molecule is Cc1ccc(CS(=O)(=O)Nc2ccc3c(c2)CCO3)cc1. The van der Waals surface area contributed by atoms with Gasteiger partial charge in [-0.15, -0.1) is 0 Å². The molecule has 0 saturated carbocycles. The van der Waals surface area contributed by atoms with E-state index in [1.54, 1.807) is 6.07 Å². The normalized spacial score (nSPS) is 13.6. The molecule has 5 heteroatoms. The molecular weight excluding hydrogens is 286 g/mol. The summed E-state index contributed by atoms with van der Waals surface area (Å²) in [7, 11) is -3.41. The topological polar surface area (TPSA) is 55.4 Å². The van der Waals surface area contributed by atoms with Crippen LogP contribution in [-0.2, 0) is 22.2 Å². The van der Waals surface area contributed by atoms with Gasteiger partial charge in [0, 0.05) is 12.1 Å². The quantitative estimate of drug-likeness (QED) is 0.945. The smallest absolute Gasteiger partial charge is 0.236 e. The first-order valence-electron chi connectivity index (χ1n) is 6.84. The van der Waals surface area contributed by atoms with Gasteiger partial charge < -0.3 is 4.74 Å². The molecule has 0 saturated heterocycles. The fourth-order valence-corrected chi connectivity index (χ4v) is 3.56. The zero-order valence-electron chi connectivity index (χ0n) is 11.8. The van der Waals surface area contributed by atoms with Gasteiger partial charge in [0.25, 0.3) is 0 Å². The summed E-state index contributed by atoms with van der Waals surface area (Å²) in [6.45, 7) is 2.64. The molecule has 0 fully saturated rings. The molecular formula is C16H17NO3S. The molecule has 0 amide bonds. The van der Waals surface area contributed by atoms with E-state index < -0.39 is 10.0 Å². The molecule has 3 rings (SSSR count). The van der Waals surface area contributed by atoms with E-state index in [9.17, 15) is 8.42 Å². The summed E-state index contributed by atoms with van der Waals surface area (Å²) in [6.07, 6.45) is 0.822. The highest BCUT2D eigenvalue weighted by Gasteiger charge is 2.15. The van der Waals surface area contributed by atoms with Crippen molar-refractivity contribution < 1.29 is 13.2 Å². The van der Waals surface area contributed by atoms with Gasteiger partial charge in [-0.05, 0) is 36.2 Å². The average molecular weight is 303 g/mol. The van der Waals surface area contributed by atoms with Gasteiger partial charge in [-0.1, -0.05) is 29.8 Å². The summed E-state index contributed by atoms with van der Waals surface area (Å²) in [4.78, 5) is 0. The maximum atomic E-state index is 12.2. The minimum Gasteiger partial charge on any atom is -0.493 e. The van der Waals surface area contributed by atoms with Crippen molar-refractivity contribution in [3.05, 3.63) is 59.2 Å². The van der Waals surface area contributed by atoms with E-state index in [0.29, 0.717) is 12.3 Å². The number of sulfonamides is 1. The van der Waals surface area contributed by atoms with Gasteiger partial charge in [0.2, 0.25) is 10.0 Å². The van der Waals surface area contributed by atoms with E-state index in [-0.39, 0.29) is 5.75 Å². The lowest BCUT2D eigenvalue weighted by Crippen LogP contribution is -2.15. The van der Waals surface area contributed by atoms with Crippen LogP contribution >= 0.6 is 0 Å². The van der Waals surface area contributed by atoms with E-state index in [0.717, 1.165) is 28.9 Å². The summed E-state index contributed by atoms with van der Waals surface area (Å²) >= 11 is 0. The molecule has 1 aliphatic rings. The van der Waals surface area contributed by atoms with Gasteiger partial charge in [0.1, 0.15) is 5.75 Å². The summed E-state index contributed by atoms with van der Waals surface area (Å²) < 4.78 is 32.5. The van der Waals surface area contributed by atoms with Crippen molar-refractivity contribution >= 4 is 15.7 Å². The van der Waals surface area contributed by atoms with Crippen LogP contribution in [0.2, 0.25) is 0 Å². The molecule has 0 aliphatic carbocycles. The molecule has 4 nitrogen and oxygen atoms in total. The van der Waals surface area contributed by atoms with E-state index in [4.69, 9.17) is 4.74 Å². The number of nitrogens with one attached hydrogen (secondary N) is 1. The van der Waals surface area contributed by atoms with Crippen LogP contribution in [0.4, 0.5) is 5.69 Å². The fraction of sp³-hybridized carbons (Fsp3) is 0.250. The van der Waals surface area contributed by atoms with E-state index >= 15 is 0 Å². The highest BCUT2D eigenvalue weighted by Crippen LogP contribution is 2.28. The van der Waals surface area contributed by atoms with Crippen LogP contribution in [0.15, 0.2) is 42.5 Å². The maximum Gasteiger partial charge on any atom is 0.236 e. The molecule has 0 spiro atoms. The second kappa shape index (κ2) is 5.41. The molecule has 0 radical (unpaired) electrons. The number of anilines is 1. The molecule has 2 aromatic rings. The Morgan fingerprint density at radius 2 is 1.90 bits per heavy atom. The van der Waals surface area contributed by atoms with Crippen molar-refractivity contribution in [1.82, 2.24) is 0 Å². The molecule has 0 unspecified atom stereocenters. The van der Waals surface area contributed by atoms with E-state index in [1.165, 1.54) is 0 Å². The van der Waals surface area contributed by atoms with Gasteiger partial charge in [-0.2, -0.15) is 0 Å². The lowest BCUT2D eigenvalue weighted by atomic mass is 10.1. The number of benzene rings is 2. The Morgan fingerprint density at radius 3 is 2.67 bits per heavy atom. The Labute approximate surface area is 124 Å². The third kappa shape index (κ3) is 3.36. The molecule has 1 aliphatic heterocycles. The van der Waals surface area contributed by atoms with Crippen LogP contribution in [0, 0.1) is 6.92 Å². The largest absolute Gasteiger partial charge is 0.493 e. The Kier molecular flexibility index (Phi) is 3.59. The Morgan fingerprint density at radius 1 is 1.14 bits per heavy atom. The van der Waals surface area contributed by atoms with Gasteiger partial charge in [-0.25, -0.2) is 8.42 Å². The zero-order chi connectivity index (χ0) is 14.9. The highest BCUT2D eigenvalue weighted by atomic mass is 32.2. The van der Waals surface area contributed by atoms with Gasteiger partial charge >= 0.3 is 0 Å². The molecule has 0 atom stereocenters. The van der Waals surface area contributed by atoms with Gasteiger partial charge in [0.05, 0.1) is 12.4 Å². The molecule has 2 aromatic carbocycles. The Hall–Kier alpha value is -2.01. The number of ether oxygens (including phenoxy) is 1. The van der Waals surface area contributed by atoms with Crippen molar-refractivity contribution in [1.29, 1.82) is 0 Å². The van der Waals surface area contributed by atoms with Crippen LogP contribution in [0.3, 0.4) is 0 Å². The molecule has 110 valence electrons. The van der Waals surface area contributed by atoms with E-state index in [1.807, 2.05) is 43.3 Å². The first-order chi connectivity index (χ1) is 10.0. The minimum absolute atomic E-state index is 0.0269. The number of hydrogen-bond donors (Lipinski definition) is 1. The van der Waals surface area contributed by atoms with Crippen LogP contribution in [-0.4, -0.2) is 15.0 Å². The molecule has 1 N–H and O–H groups in total. The summed E-state index contributed by atoms with van der Waals surface area (Å²) in [5.74, 6) is 0.817. The summed E-state index contributed by atoms with van der Waals surface area (Å²) in [5.41, 5.74) is 3.53. The van der Waals surface area contributed by atoms with Crippen molar-refractivity contribution in [2.45, 2.75) is 19.1 Å². The Balaban J connectivity index is 1.75. The van der Waals surface area contributed by atoms with Crippen LogP contribution in [0.25, 0.3) is 0 Å².